The lowest BCUT2D eigenvalue weighted by atomic mass is 10.0. The zero-order chi connectivity index (χ0) is 19.6. The number of carbonyl (C=O) groups is 1. The van der Waals surface area contributed by atoms with E-state index in [0.717, 1.165) is 53.4 Å². The zero-order valence-corrected chi connectivity index (χ0v) is 16.3. The molecule has 1 atom stereocenters. The van der Waals surface area contributed by atoms with Gasteiger partial charge in [0.1, 0.15) is 5.58 Å². The minimum Gasteiger partial charge on any atom is -0.464 e. The van der Waals surface area contributed by atoms with Crippen LogP contribution >= 0.6 is 0 Å². The van der Waals surface area contributed by atoms with Gasteiger partial charge in [-0.25, -0.2) is 0 Å². The van der Waals surface area contributed by atoms with Crippen molar-refractivity contribution in [2.45, 2.75) is 12.8 Å². The van der Waals surface area contributed by atoms with E-state index >= 15 is 0 Å². The first-order chi connectivity index (χ1) is 14.3. The fourth-order valence-corrected chi connectivity index (χ4v) is 4.37. The van der Waals surface area contributed by atoms with Crippen LogP contribution in [0, 0.1) is 5.92 Å². The first-order valence-electron chi connectivity index (χ1n) is 10.2. The molecule has 1 aromatic heterocycles. The monoisotopic (exact) mass is 384 g/mol. The Labute approximate surface area is 170 Å². The number of fused-ring (bicyclic) bond motifs is 3. The molecule has 5 rings (SSSR count). The second-order valence-corrected chi connectivity index (χ2v) is 7.84. The molecule has 1 amide bonds. The van der Waals surface area contributed by atoms with Gasteiger partial charge >= 0.3 is 0 Å². The fraction of sp³-hybridized carbons (Fsp3) is 0.240. The van der Waals surface area contributed by atoms with Crippen molar-refractivity contribution in [1.29, 1.82) is 0 Å². The van der Waals surface area contributed by atoms with Gasteiger partial charge in [-0.05, 0) is 41.3 Å². The van der Waals surface area contributed by atoms with Gasteiger partial charge in [0.25, 0.3) is 0 Å². The Morgan fingerprint density at radius 1 is 1.03 bits per heavy atom. The molecule has 29 heavy (non-hydrogen) atoms. The van der Waals surface area contributed by atoms with Gasteiger partial charge in [0, 0.05) is 36.3 Å². The third kappa shape index (κ3) is 3.58. The highest BCUT2D eigenvalue weighted by molar-refractivity contribution is 6.08. The standard InChI is InChI=1S/C25H24N2O2/c28-24(26-15-18-12-13-27(16-18)21-7-2-1-3-8-21)14-20-17-29-23-11-10-19-6-4-5-9-22(19)25(20)23/h1-11,17-18H,12-16H2,(H,26,28). The van der Waals surface area contributed by atoms with E-state index < -0.39 is 0 Å². The molecule has 4 heteroatoms. The third-order valence-corrected chi connectivity index (χ3v) is 5.89. The Kier molecular flexibility index (Phi) is 4.68. The molecule has 1 fully saturated rings. The molecule has 2 heterocycles. The Morgan fingerprint density at radius 2 is 1.86 bits per heavy atom. The number of carbonyl (C=O) groups excluding carboxylic acids is 1. The number of rotatable bonds is 5. The number of hydrogen-bond acceptors (Lipinski definition) is 3. The van der Waals surface area contributed by atoms with E-state index in [-0.39, 0.29) is 5.91 Å². The van der Waals surface area contributed by atoms with Crippen LogP contribution in [0.1, 0.15) is 12.0 Å². The van der Waals surface area contributed by atoms with Crippen LogP contribution in [0.25, 0.3) is 21.7 Å². The number of anilines is 1. The molecular weight excluding hydrogens is 360 g/mol. The average molecular weight is 384 g/mol. The number of nitrogens with zero attached hydrogens (tertiary/aromatic N) is 1. The average Bonchev–Trinajstić information content (AvgIpc) is 3.40. The second kappa shape index (κ2) is 7.63. The van der Waals surface area contributed by atoms with Gasteiger partial charge in [-0.1, -0.05) is 48.5 Å². The Hall–Kier alpha value is -3.27. The summed E-state index contributed by atoms with van der Waals surface area (Å²) in [6, 6.07) is 22.8. The Morgan fingerprint density at radius 3 is 2.76 bits per heavy atom. The first kappa shape index (κ1) is 17.8. The van der Waals surface area contributed by atoms with Crippen LogP contribution < -0.4 is 10.2 Å². The molecule has 0 saturated carbocycles. The van der Waals surface area contributed by atoms with Crippen LogP contribution in [0.5, 0.6) is 0 Å². The van der Waals surface area contributed by atoms with E-state index in [1.165, 1.54) is 5.69 Å². The molecule has 1 saturated heterocycles. The summed E-state index contributed by atoms with van der Waals surface area (Å²) in [6.07, 6.45) is 3.17. The smallest absolute Gasteiger partial charge is 0.224 e. The number of furan rings is 1. The number of para-hydroxylation sites is 1. The van der Waals surface area contributed by atoms with E-state index in [2.05, 4.69) is 52.7 Å². The predicted molar refractivity (Wildman–Crippen MR) is 117 cm³/mol. The minimum absolute atomic E-state index is 0.0544. The van der Waals surface area contributed by atoms with Crippen molar-refractivity contribution in [2.75, 3.05) is 24.5 Å². The summed E-state index contributed by atoms with van der Waals surface area (Å²) in [6.45, 7) is 2.76. The molecule has 1 aliphatic rings. The van der Waals surface area contributed by atoms with Crippen LogP contribution in [0.4, 0.5) is 5.69 Å². The first-order valence-corrected chi connectivity index (χ1v) is 10.2. The molecule has 4 nitrogen and oxygen atoms in total. The summed E-state index contributed by atoms with van der Waals surface area (Å²) in [4.78, 5) is 15.0. The highest BCUT2D eigenvalue weighted by Gasteiger charge is 2.23. The fourth-order valence-electron chi connectivity index (χ4n) is 4.37. The van der Waals surface area contributed by atoms with Crippen LogP contribution in [0.15, 0.2) is 77.4 Å². The van der Waals surface area contributed by atoms with Gasteiger partial charge in [-0.2, -0.15) is 0 Å². The maximum absolute atomic E-state index is 12.6. The molecule has 0 spiro atoms. The Bertz CT molecular complexity index is 1150. The largest absolute Gasteiger partial charge is 0.464 e. The van der Waals surface area contributed by atoms with Gasteiger partial charge in [0.15, 0.2) is 0 Å². The topological polar surface area (TPSA) is 45.5 Å². The highest BCUT2D eigenvalue weighted by atomic mass is 16.3. The summed E-state index contributed by atoms with van der Waals surface area (Å²) < 4.78 is 5.71. The maximum Gasteiger partial charge on any atom is 0.224 e. The van der Waals surface area contributed by atoms with E-state index in [1.54, 1.807) is 6.26 Å². The van der Waals surface area contributed by atoms with Gasteiger partial charge in [0.2, 0.25) is 5.91 Å². The van der Waals surface area contributed by atoms with Crippen LogP contribution in [0.2, 0.25) is 0 Å². The molecular formula is C25H24N2O2. The van der Waals surface area contributed by atoms with Crippen LogP contribution in [-0.4, -0.2) is 25.5 Å². The number of hydrogen-bond donors (Lipinski definition) is 1. The van der Waals surface area contributed by atoms with Crippen molar-refractivity contribution in [1.82, 2.24) is 5.32 Å². The SMILES string of the molecule is O=C(Cc1coc2ccc3ccccc3c12)NCC1CCN(c2ccccc2)C1. The van der Waals surface area contributed by atoms with Crippen LogP contribution in [-0.2, 0) is 11.2 Å². The zero-order valence-electron chi connectivity index (χ0n) is 16.3. The number of amides is 1. The molecule has 4 aromatic rings. The Balaban J connectivity index is 1.23. The molecule has 0 bridgehead atoms. The lowest BCUT2D eigenvalue weighted by molar-refractivity contribution is -0.120. The highest BCUT2D eigenvalue weighted by Crippen LogP contribution is 2.30. The van der Waals surface area contributed by atoms with E-state index in [0.29, 0.717) is 12.3 Å². The van der Waals surface area contributed by atoms with E-state index in [4.69, 9.17) is 4.42 Å². The molecule has 3 aromatic carbocycles. The van der Waals surface area contributed by atoms with Gasteiger partial charge < -0.3 is 14.6 Å². The minimum atomic E-state index is 0.0544. The summed E-state index contributed by atoms with van der Waals surface area (Å²) in [5.74, 6) is 0.542. The van der Waals surface area contributed by atoms with Crippen LogP contribution in [0.3, 0.4) is 0 Å². The number of benzene rings is 3. The summed E-state index contributed by atoms with van der Waals surface area (Å²) in [5.41, 5.74) is 3.05. The molecule has 1 unspecified atom stereocenters. The molecule has 1 aliphatic heterocycles. The normalized spacial score (nSPS) is 16.6. The number of nitrogens with one attached hydrogen (secondary N) is 1. The molecule has 146 valence electrons. The molecule has 0 aliphatic carbocycles. The van der Waals surface area contributed by atoms with Crippen molar-refractivity contribution >= 4 is 33.3 Å². The van der Waals surface area contributed by atoms with Crippen molar-refractivity contribution < 1.29 is 9.21 Å². The summed E-state index contributed by atoms with van der Waals surface area (Å²) >= 11 is 0. The lowest BCUT2D eigenvalue weighted by Gasteiger charge is -2.18. The third-order valence-electron chi connectivity index (χ3n) is 5.89. The van der Waals surface area contributed by atoms with Crippen molar-refractivity contribution in [3.05, 3.63) is 78.6 Å². The van der Waals surface area contributed by atoms with Crippen molar-refractivity contribution in [3.8, 4) is 0 Å². The van der Waals surface area contributed by atoms with E-state index in [9.17, 15) is 4.79 Å². The predicted octanol–water partition coefficient (Wildman–Crippen LogP) is 4.77. The van der Waals surface area contributed by atoms with Crippen molar-refractivity contribution in [3.63, 3.8) is 0 Å². The van der Waals surface area contributed by atoms with Gasteiger partial charge in [0.05, 0.1) is 12.7 Å². The molecule has 1 N–H and O–H groups in total. The van der Waals surface area contributed by atoms with Gasteiger partial charge in [-0.3, -0.25) is 4.79 Å². The maximum atomic E-state index is 12.6. The summed E-state index contributed by atoms with van der Waals surface area (Å²) in [7, 11) is 0. The van der Waals surface area contributed by atoms with Gasteiger partial charge in [-0.15, -0.1) is 0 Å². The second-order valence-electron chi connectivity index (χ2n) is 7.84. The van der Waals surface area contributed by atoms with Crippen molar-refractivity contribution in [2.24, 2.45) is 5.92 Å². The lowest BCUT2D eigenvalue weighted by Crippen LogP contribution is -2.32. The van der Waals surface area contributed by atoms with E-state index in [1.807, 2.05) is 24.3 Å². The summed E-state index contributed by atoms with van der Waals surface area (Å²) in [5, 5.41) is 6.49. The molecule has 0 radical (unpaired) electrons. The quantitative estimate of drug-likeness (QED) is 0.539.